The normalized spacial score (nSPS) is 16.2. The number of hydrogen-bond acceptors (Lipinski definition) is 6. The van der Waals surface area contributed by atoms with Gasteiger partial charge in [0.25, 0.3) is 11.9 Å². The molecular weight excluding hydrogens is 398 g/mol. The van der Waals surface area contributed by atoms with Crippen molar-refractivity contribution in [3.8, 4) is 0 Å². The minimum Gasteiger partial charge on any atom is -0.406 e. The van der Waals surface area contributed by atoms with E-state index in [4.69, 9.17) is 15.9 Å². The highest BCUT2D eigenvalue weighted by Gasteiger charge is 2.26. The van der Waals surface area contributed by atoms with Gasteiger partial charge in [-0.25, -0.2) is 4.99 Å². The van der Waals surface area contributed by atoms with E-state index in [2.05, 4.69) is 15.3 Å². The van der Waals surface area contributed by atoms with Crippen molar-refractivity contribution in [1.82, 2.24) is 0 Å². The Balaban J connectivity index is 1.68. The van der Waals surface area contributed by atoms with E-state index in [1.807, 2.05) is 67.6 Å². The van der Waals surface area contributed by atoms with Gasteiger partial charge in [0.05, 0.1) is 16.3 Å². The van der Waals surface area contributed by atoms with Crippen LogP contribution in [-0.2, 0) is 9.53 Å². The summed E-state index contributed by atoms with van der Waals surface area (Å²) in [6.45, 7) is 1.94. The van der Waals surface area contributed by atoms with Crippen LogP contribution in [0.5, 0.6) is 0 Å². The summed E-state index contributed by atoms with van der Waals surface area (Å²) in [5.74, 6) is -0.558. The molecule has 1 amide bonds. The van der Waals surface area contributed by atoms with Crippen LogP contribution in [0.1, 0.15) is 20.9 Å². The molecule has 2 heterocycles. The number of nitrogens with two attached hydrogens (primary N) is 1. The number of rotatable bonds is 3. The first-order chi connectivity index (χ1) is 14.5. The Labute approximate surface area is 177 Å². The first kappa shape index (κ1) is 19.5. The second-order valence-corrected chi connectivity index (χ2v) is 7.85. The molecule has 0 saturated heterocycles. The Hall–Kier alpha value is -3.78. The zero-order valence-electron chi connectivity index (χ0n) is 16.1. The summed E-state index contributed by atoms with van der Waals surface area (Å²) in [4.78, 5) is 23.2. The zero-order valence-corrected chi connectivity index (χ0v) is 16.9. The molecule has 4 N–H and O–H groups in total. The van der Waals surface area contributed by atoms with Gasteiger partial charge >= 0.3 is 0 Å². The molecule has 0 radical (unpaired) electrons. The second kappa shape index (κ2) is 8.30. The molecule has 4 rings (SSSR count). The Morgan fingerprint density at radius 3 is 2.60 bits per heavy atom. The van der Waals surface area contributed by atoms with Gasteiger partial charge in [0.2, 0.25) is 12.1 Å². The smallest absolute Gasteiger partial charge is 0.291 e. The number of para-hydroxylation sites is 1. The zero-order chi connectivity index (χ0) is 21.1. The summed E-state index contributed by atoms with van der Waals surface area (Å²) in [5.41, 5.74) is 8.80. The molecule has 0 fully saturated rings. The largest absolute Gasteiger partial charge is 0.406 e. The van der Waals surface area contributed by atoms with Gasteiger partial charge in [-0.3, -0.25) is 10.2 Å². The lowest BCUT2D eigenvalue weighted by Crippen LogP contribution is -2.29. The fourth-order valence-corrected chi connectivity index (χ4v) is 3.77. The number of anilines is 1. The predicted molar refractivity (Wildman–Crippen MR) is 120 cm³/mol. The summed E-state index contributed by atoms with van der Waals surface area (Å²) in [6, 6.07) is 20.3. The molecule has 8 heteroatoms. The Bertz CT molecular complexity index is 1170. The summed E-state index contributed by atoms with van der Waals surface area (Å²) >= 11 is 1.41. The number of thiophene rings is 1. The summed E-state index contributed by atoms with van der Waals surface area (Å²) < 4.78 is 5.33. The maximum absolute atomic E-state index is 12.8. The number of ether oxygens (including phenoxy) is 1. The highest BCUT2D eigenvalue weighted by Crippen LogP contribution is 2.24. The maximum Gasteiger partial charge on any atom is 0.291 e. The molecule has 0 bridgehead atoms. The van der Waals surface area contributed by atoms with Crippen molar-refractivity contribution in [2.24, 2.45) is 15.7 Å². The molecule has 1 aromatic heterocycles. The molecule has 0 saturated carbocycles. The van der Waals surface area contributed by atoms with Crippen molar-refractivity contribution < 1.29 is 9.53 Å². The SMILES string of the molecule is Cc1ccc(C(=N)OC(N)=NC2N=C(c3ccccc3)c3ccccc3NC2=O)s1. The first-order valence-electron chi connectivity index (χ1n) is 9.21. The Morgan fingerprint density at radius 1 is 1.13 bits per heavy atom. The van der Waals surface area contributed by atoms with Gasteiger partial charge in [-0.2, -0.15) is 4.99 Å². The van der Waals surface area contributed by atoms with Crippen LogP contribution in [0.3, 0.4) is 0 Å². The van der Waals surface area contributed by atoms with E-state index in [-0.39, 0.29) is 11.9 Å². The third-order valence-corrected chi connectivity index (χ3v) is 5.39. The van der Waals surface area contributed by atoms with Gasteiger partial charge in [-0.1, -0.05) is 48.5 Å². The molecular formula is C22H19N5O2S. The highest BCUT2D eigenvalue weighted by molar-refractivity contribution is 7.13. The topological polar surface area (TPSA) is 113 Å². The number of hydrogen-bond donors (Lipinski definition) is 3. The molecule has 3 aromatic rings. The van der Waals surface area contributed by atoms with E-state index in [0.717, 1.165) is 16.0 Å². The average molecular weight is 417 g/mol. The van der Waals surface area contributed by atoms with Gasteiger partial charge < -0.3 is 15.8 Å². The van der Waals surface area contributed by atoms with E-state index in [0.29, 0.717) is 16.3 Å². The maximum atomic E-state index is 12.8. The monoisotopic (exact) mass is 417 g/mol. The van der Waals surface area contributed by atoms with Gasteiger partial charge in [-0.05, 0) is 25.1 Å². The third-order valence-electron chi connectivity index (χ3n) is 4.39. The van der Waals surface area contributed by atoms with Crippen LogP contribution in [0, 0.1) is 12.3 Å². The Kier molecular flexibility index (Phi) is 5.40. The van der Waals surface area contributed by atoms with Crippen molar-refractivity contribution in [3.63, 3.8) is 0 Å². The van der Waals surface area contributed by atoms with E-state index < -0.39 is 12.1 Å². The van der Waals surface area contributed by atoms with Crippen LogP contribution in [0.4, 0.5) is 5.69 Å². The van der Waals surface area contributed by atoms with Gasteiger partial charge in [-0.15, -0.1) is 11.3 Å². The number of carbonyl (C=O) groups is 1. The van der Waals surface area contributed by atoms with Gasteiger partial charge in [0.1, 0.15) is 0 Å². The molecule has 150 valence electrons. The molecule has 30 heavy (non-hydrogen) atoms. The number of nitrogens with one attached hydrogen (secondary N) is 2. The minimum absolute atomic E-state index is 0.126. The number of benzodiazepines with no additional fused rings is 1. The van der Waals surface area contributed by atoms with Crippen LogP contribution in [0.15, 0.2) is 76.7 Å². The number of aryl methyl sites for hydroxylation is 1. The summed E-state index contributed by atoms with van der Waals surface area (Å²) in [5, 5.41) is 10.9. The number of amidine groups is 1. The molecule has 2 aromatic carbocycles. The summed E-state index contributed by atoms with van der Waals surface area (Å²) in [7, 11) is 0. The molecule has 7 nitrogen and oxygen atoms in total. The van der Waals surface area contributed by atoms with Crippen molar-refractivity contribution >= 4 is 40.6 Å². The predicted octanol–water partition coefficient (Wildman–Crippen LogP) is 3.53. The third kappa shape index (κ3) is 4.13. The quantitative estimate of drug-likeness (QED) is 0.447. The van der Waals surface area contributed by atoms with Crippen LogP contribution < -0.4 is 11.1 Å². The first-order valence-corrected chi connectivity index (χ1v) is 10.0. The van der Waals surface area contributed by atoms with E-state index in [1.165, 1.54) is 11.3 Å². The fourth-order valence-electron chi connectivity index (χ4n) is 3.02. The molecule has 1 unspecified atom stereocenters. The lowest BCUT2D eigenvalue weighted by molar-refractivity contribution is -0.117. The summed E-state index contributed by atoms with van der Waals surface area (Å²) in [6.07, 6.45) is -1.15. The van der Waals surface area contributed by atoms with E-state index >= 15 is 0 Å². The molecule has 1 aliphatic rings. The number of nitrogens with zero attached hydrogens (tertiary/aromatic N) is 2. The number of benzene rings is 2. The number of carbonyl (C=O) groups excluding carboxylic acids is 1. The van der Waals surface area contributed by atoms with Gasteiger partial charge in [0.15, 0.2) is 0 Å². The Morgan fingerprint density at radius 2 is 1.87 bits per heavy atom. The van der Waals surface area contributed by atoms with Crippen LogP contribution in [-0.4, -0.2) is 29.7 Å². The van der Waals surface area contributed by atoms with E-state index in [1.54, 1.807) is 6.07 Å². The molecule has 1 atom stereocenters. The number of aliphatic imine (C=N–C) groups is 2. The number of fused-ring (bicyclic) bond motifs is 1. The minimum atomic E-state index is -1.15. The fraction of sp³-hybridized carbons (Fsp3) is 0.0909. The van der Waals surface area contributed by atoms with Crippen molar-refractivity contribution in [2.45, 2.75) is 13.1 Å². The standard InChI is InChI=1S/C22H19N5O2S/c1-13-11-12-17(30-13)19(23)29-22(24)27-20-21(28)25-16-10-6-5-9-15(16)18(26-20)14-7-3-2-4-8-14/h2-12,20,23H,1H3,(H2,24,27)(H,25,28). The van der Waals surface area contributed by atoms with Crippen molar-refractivity contribution in [2.75, 3.05) is 5.32 Å². The second-order valence-electron chi connectivity index (χ2n) is 6.56. The molecule has 0 spiro atoms. The highest BCUT2D eigenvalue weighted by atomic mass is 32.1. The lowest BCUT2D eigenvalue weighted by atomic mass is 10.0. The lowest BCUT2D eigenvalue weighted by Gasteiger charge is -2.09. The van der Waals surface area contributed by atoms with Gasteiger partial charge in [0, 0.05) is 16.0 Å². The van der Waals surface area contributed by atoms with Crippen LogP contribution >= 0.6 is 11.3 Å². The molecule has 1 aliphatic heterocycles. The molecule has 0 aliphatic carbocycles. The van der Waals surface area contributed by atoms with Crippen LogP contribution in [0.2, 0.25) is 0 Å². The van der Waals surface area contributed by atoms with Crippen LogP contribution in [0.25, 0.3) is 0 Å². The van der Waals surface area contributed by atoms with E-state index in [9.17, 15) is 4.79 Å². The number of amides is 1. The average Bonchev–Trinajstić information content (AvgIpc) is 3.13. The van der Waals surface area contributed by atoms with Crippen molar-refractivity contribution in [1.29, 1.82) is 5.41 Å². The van der Waals surface area contributed by atoms with Crippen molar-refractivity contribution in [3.05, 3.63) is 87.6 Å².